The van der Waals surface area contributed by atoms with Gasteiger partial charge in [0.2, 0.25) is 0 Å². The van der Waals surface area contributed by atoms with Crippen molar-refractivity contribution in [2.24, 2.45) is 0 Å². The van der Waals surface area contributed by atoms with E-state index in [1.807, 2.05) is 59.3 Å². The van der Waals surface area contributed by atoms with E-state index < -0.39 is 18.1 Å². The highest BCUT2D eigenvalue weighted by atomic mass is 16.5. The number of carbonyl (C=O) groups is 2. The van der Waals surface area contributed by atoms with E-state index in [0.717, 1.165) is 40.9 Å². The Hall–Kier alpha value is -3.54. The van der Waals surface area contributed by atoms with Gasteiger partial charge in [-0.2, -0.15) is 0 Å². The van der Waals surface area contributed by atoms with Crippen molar-refractivity contribution in [3.05, 3.63) is 83.7 Å². The van der Waals surface area contributed by atoms with Crippen LogP contribution in [0.25, 0.3) is 11.1 Å². The monoisotopic (exact) mass is 418 g/mol. The molecule has 6 nitrogen and oxygen atoms in total. The number of nitrogens with zero attached hydrogens (tertiary/aromatic N) is 1. The Kier molecular flexibility index (Phi) is 6.07. The van der Waals surface area contributed by atoms with Gasteiger partial charge in [-0.15, -0.1) is 0 Å². The molecular weight excluding hydrogens is 392 g/mol. The molecule has 0 saturated carbocycles. The van der Waals surface area contributed by atoms with Gasteiger partial charge in [-0.05, 0) is 40.8 Å². The molecule has 4 rings (SSSR count). The number of hydrogen-bond donors (Lipinski definition) is 2. The highest BCUT2D eigenvalue weighted by Crippen LogP contribution is 2.44. The number of ether oxygens (including phenoxy) is 1. The van der Waals surface area contributed by atoms with E-state index in [4.69, 9.17) is 4.74 Å². The minimum Gasteiger partial charge on any atom is -0.480 e. The number of hydrogen-bond acceptors (Lipinski definition) is 3. The van der Waals surface area contributed by atoms with Crippen LogP contribution in [-0.4, -0.2) is 34.4 Å². The lowest BCUT2D eigenvalue weighted by molar-refractivity contribution is -0.139. The summed E-state index contributed by atoms with van der Waals surface area (Å²) in [5, 5.41) is 12.1. The van der Waals surface area contributed by atoms with Crippen molar-refractivity contribution in [3.63, 3.8) is 0 Å². The molecule has 3 aromatic rings. The van der Waals surface area contributed by atoms with Crippen molar-refractivity contribution in [1.82, 2.24) is 9.88 Å². The zero-order chi connectivity index (χ0) is 21.8. The normalized spacial score (nSPS) is 13.3. The molecular formula is C25H26N2O4. The number of amides is 1. The first-order chi connectivity index (χ1) is 15.1. The SMILES string of the molecule is CCCn1cccc1CC(NC(=O)OCC1c2ccccc2-c2ccccc21)C(=O)O. The molecule has 0 aliphatic heterocycles. The minimum absolute atomic E-state index is 0.0665. The summed E-state index contributed by atoms with van der Waals surface area (Å²) in [6.07, 6.45) is 2.35. The Morgan fingerprint density at radius 2 is 1.68 bits per heavy atom. The van der Waals surface area contributed by atoms with Crippen LogP contribution in [0.2, 0.25) is 0 Å². The highest BCUT2D eigenvalue weighted by Gasteiger charge is 2.30. The summed E-state index contributed by atoms with van der Waals surface area (Å²) < 4.78 is 7.51. The maximum atomic E-state index is 12.5. The van der Waals surface area contributed by atoms with Crippen molar-refractivity contribution >= 4 is 12.1 Å². The van der Waals surface area contributed by atoms with Gasteiger partial charge in [-0.3, -0.25) is 0 Å². The minimum atomic E-state index is -1.09. The van der Waals surface area contributed by atoms with Gasteiger partial charge in [-0.25, -0.2) is 9.59 Å². The molecule has 1 atom stereocenters. The summed E-state index contributed by atoms with van der Waals surface area (Å²) in [6.45, 7) is 3.02. The van der Waals surface area contributed by atoms with Gasteiger partial charge >= 0.3 is 12.1 Å². The number of aryl methyl sites for hydroxylation is 1. The largest absolute Gasteiger partial charge is 0.480 e. The van der Waals surface area contributed by atoms with Crippen LogP contribution in [0.3, 0.4) is 0 Å². The lowest BCUT2D eigenvalue weighted by Gasteiger charge is -2.18. The fraction of sp³-hybridized carbons (Fsp3) is 0.280. The molecule has 0 saturated heterocycles. The fourth-order valence-corrected chi connectivity index (χ4v) is 4.29. The molecule has 2 aromatic carbocycles. The van der Waals surface area contributed by atoms with E-state index in [1.165, 1.54) is 0 Å². The summed E-state index contributed by atoms with van der Waals surface area (Å²) in [5.41, 5.74) is 5.39. The zero-order valence-electron chi connectivity index (χ0n) is 17.5. The molecule has 0 spiro atoms. The lowest BCUT2D eigenvalue weighted by atomic mass is 9.98. The molecule has 1 amide bonds. The Morgan fingerprint density at radius 3 is 2.29 bits per heavy atom. The smallest absolute Gasteiger partial charge is 0.407 e. The van der Waals surface area contributed by atoms with E-state index in [0.29, 0.717) is 0 Å². The molecule has 1 aliphatic carbocycles. The van der Waals surface area contributed by atoms with Crippen LogP contribution in [0.4, 0.5) is 4.79 Å². The molecule has 1 aliphatic rings. The van der Waals surface area contributed by atoms with Gasteiger partial charge < -0.3 is 19.7 Å². The van der Waals surface area contributed by atoms with Crippen LogP contribution < -0.4 is 5.32 Å². The number of alkyl carbamates (subject to hydrolysis) is 1. The summed E-state index contributed by atoms with van der Waals surface area (Å²) in [4.78, 5) is 24.2. The summed E-state index contributed by atoms with van der Waals surface area (Å²) in [6, 6.07) is 18.9. The molecule has 2 N–H and O–H groups in total. The van der Waals surface area contributed by atoms with E-state index >= 15 is 0 Å². The Labute approximate surface area is 181 Å². The third-order valence-electron chi connectivity index (χ3n) is 5.74. The second-order valence-electron chi connectivity index (χ2n) is 7.76. The second-order valence-corrected chi connectivity index (χ2v) is 7.76. The first-order valence-electron chi connectivity index (χ1n) is 10.6. The summed E-state index contributed by atoms with van der Waals surface area (Å²) in [7, 11) is 0. The van der Waals surface area contributed by atoms with E-state index in [1.54, 1.807) is 0 Å². The average Bonchev–Trinajstić information content (AvgIpc) is 3.34. The quantitative estimate of drug-likeness (QED) is 0.567. The maximum absolute atomic E-state index is 12.5. The predicted octanol–water partition coefficient (Wildman–Crippen LogP) is 4.43. The van der Waals surface area contributed by atoms with Crippen molar-refractivity contribution in [1.29, 1.82) is 0 Å². The highest BCUT2D eigenvalue weighted by molar-refractivity contribution is 5.81. The van der Waals surface area contributed by atoms with Gasteiger partial charge in [0.05, 0.1) is 0 Å². The summed E-state index contributed by atoms with van der Waals surface area (Å²) in [5.74, 6) is -1.15. The van der Waals surface area contributed by atoms with Crippen LogP contribution in [0.1, 0.15) is 36.1 Å². The molecule has 31 heavy (non-hydrogen) atoms. The van der Waals surface area contributed by atoms with Crippen molar-refractivity contribution in [2.75, 3.05) is 6.61 Å². The van der Waals surface area contributed by atoms with Crippen LogP contribution in [-0.2, 0) is 22.5 Å². The van der Waals surface area contributed by atoms with Crippen molar-refractivity contribution in [3.8, 4) is 11.1 Å². The standard InChI is InChI=1S/C25H26N2O4/c1-2-13-27-14-7-8-17(27)15-23(24(28)29)26-25(30)31-16-22-20-11-5-3-9-18(20)19-10-4-6-12-21(19)22/h3-12,14,22-23H,2,13,15-16H2,1H3,(H,26,30)(H,28,29). The number of fused-ring (bicyclic) bond motifs is 3. The number of rotatable bonds is 8. The number of benzene rings is 2. The van der Waals surface area contributed by atoms with Gasteiger partial charge in [0.1, 0.15) is 12.6 Å². The first kappa shape index (κ1) is 20.7. The molecule has 0 radical (unpaired) electrons. The van der Waals surface area contributed by atoms with E-state index in [-0.39, 0.29) is 18.9 Å². The lowest BCUT2D eigenvalue weighted by Crippen LogP contribution is -2.43. The zero-order valence-corrected chi connectivity index (χ0v) is 17.5. The Morgan fingerprint density at radius 1 is 1.03 bits per heavy atom. The first-order valence-corrected chi connectivity index (χ1v) is 10.6. The molecule has 6 heteroatoms. The van der Waals surface area contributed by atoms with E-state index in [2.05, 4.69) is 24.4 Å². The third kappa shape index (κ3) is 4.33. The van der Waals surface area contributed by atoms with Crippen molar-refractivity contribution < 1.29 is 19.4 Å². The van der Waals surface area contributed by atoms with Crippen LogP contribution >= 0.6 is 0 Å². The Bertz CT molecular complexity index is 1040. The van der Waals surface area contributed by atoms with Crippen LogP contribution in [0.5, 0.6) is 0 Å². The molecule has 1 heterocycles. The number of aromatic nitrogens is 1. The van der Waals surface area contributed by atoms with Gasteiger partial charge in [0, 0.05) is 30.8 Å². The third-order valence-corrected chi connectivity index (χ3v) is 5.74. The average molecular weight is 418 g/mol. The van der Waals surface area contributed by atoms with Crippen LogP contribution in [0, 0.1) is 0 Å². The number of carboxylic acid groups (broad SMARTS) is 1. The topological polar surface area (TPSA) is 80.6 Å². The maximum Gasteiger partial charge on any atom is 0.407 e. The van der Waals surface area contributed by atoms with Gasteiger partial charge in [0.25, 0.3) is 0 Å². The number of carboxylic acids is 1. The van der Waals surface area contributed by atoms with Gasteiger partial charge in [0.15, 0.2) is 0 Å². The summed E-state index contributed by atoms with van der Waals surface area (Å²) >= 11 is 0. The van der Waals surface area contributed by atoms with Crippen LogP contribution in [0.15, 0.2) is 66.9 Å². The fourth-order valence-electron chi connectivity index (χ4n) is 4.29. The molecule has 0 bridgehead atoms. The molecule has 1 aromatic heterocycles. The molecule has 0 fully saturated rings. The second kappa shape index (κ2) is 9.08. The van der Waals surface area contributed by atoms with Crippen molar-refractivity contribution in [2.45, 2.75) is 38.3 Å². The Balaban J connectivity index is 1.42. The number of carbonyl (C=O) groups excluding carboxylic acids is 1. The number of aliphatic carboxylic acids is 1. The number of nitrogens with one attached hydrogen (secondary N) is 1. The van der Waals surface area contributed by atoms with Gasteiger partial charge in [-0.1, -0.05) is 55.5 Å². The molecule has 160 valence electrons. The van der Waals surface area contributed by atoms with E-state index in [9.17, 15) is 14.7 Å². The predicted molar refractivity (Wildman–Crippen MR) is 118 cm³/mol. The molecule has 1 unspecified atom stereocenters.